The number of piperidine rings is 1. The summed E-state index contributed by atoms with van der Waals surface area (Å²) in [5.74, 6) is 2.65. The first-order valence-corrected chi connectivity index (χ1v) is 8.85. The molecule has 2 aromatic rings. The summed E-state index contributed by atoms with van der Waals surface area (Å²) >= 11 is 0. The van der Waals surface area contributed by atoms with Gasteiger partial charge in [-0.2, -0.15) is 0 Å². The summed E-state index contributed by atoms with van der Waals surface area (Å²) < 4.78 is 10.7. The lowest BCUT2D eigenvalue weighted by atomic mass is 9.95. The highest BCUT2D eigenvalue weighted by molar-refractivity contribution is 5.79. The van der Waals surface area contributed by atoms with Crippen LogP contribution in [0.3, 0.4) is 0 Å². The van der Waals surface area contributed by atoms with E-state index in [-0.39, 0.29) is 18.6 Å². The molecule has 136 valence electrons. The Morgan fingerprint density at radius 3 is 2.81 bits per heavy atom. The minimum atomic E-state index is 0.0573. The van der Waals surface area contributed by atoms with Crippen LogP contribution >= 0.6 is 0 Å². The molecule has 1 fully saturated rings. The number of nitrogens with zero attached hydrogens (tertiary/aromatic N) is 4. The summed E-state index contributed by atoms with van der Waals surface area (Å²) in [4.78, 5) is 25.3. The van der Waals surface area contributed by atoms with Crippen LogP contribution in [0, 0.1) is 5.92 Å². The molecule has 0 aliphatic carbocycles. The molecule has 26 heavy (non-hydrogen) atoms. The van der Waals surface area contributed by atoms with Crippen LogP contribution in [0.5, 0.6) is 11.5 Å². The lowest BCUT2D eigenvalue weighted by Gasteiger charge is -2.33. The number of carbonyl (C=O) groups is 1. The number of hydrogen-bond donors (Lipinski definition) is 0. The molecule has 0 radical (unpaired) electrons. The molecule has 0 atom stereocenters. The van der Waals surface area contributed by atoms with Crippen LogP contribution in [0.15, 0.2) is 36.8 Å². The molecular weight excluding hydrogens is 332 g/mol. The zero-order valence-corrected chi connectivity index (χ0v) is 14.8. The number of fused-ring (bicyclic) bond motifs is 1. The molecule has 1 aromatic carbocycles. The molecule has 2 aliphatic heterocycles. The number of ether oxygens (including phenoxy) is 2. The van der Waals surface area contributed by atoms with E-state index in [2.05, 4.69) is 14.9 Å². The Kier molecular flexibility index (Phi) is 4.60. The highest BCUT2D eigenvalue weighted by atomic mass is 16.7. The number of hydrogen-bond acceptors (Lipinski definition) is 6. The molecule has 2 aliphatic rings. The fourth-order valence-corrected chi connectivity index (χ4v) is 3.51. The van der Waals surface area contributed by atoms with Gasteiger partial charge in [-0.15, -0.1) is 0 Å². The van der Waals surface area contributed by atoms with Crippen LogP contribution < -0.4 is 14.4 Å². The van der Waals surface area contributed by atoms with Crippen LogP contribution in [-0.4, -0.2) is 47.7 Å². The second-order valence-electron chi connectivity index (χ2n) is 6.71. The van der Waals surface area contributed by atoms with Gasteiger partial charge in [0.15, 0.2) is 11.5 Å². The second-order valence-corrected chi connectivity index (χ2v) is 6.71. The van der Waals surface area contributed by atoms with E-state index in [0.717, 1.165) is 48.8 Å². The van der Waals surface area contributed by atoms with E-state index in [4.69, 9.17) is 9.47 Å². The highest BCUT2D eigenvalue weighted by Crippen LogP contribution is 2.33. The van der Waals surface area contributed by atoms with E-state index in [9.17, 15) is 4.79 Å². The Balaban J connectivity index is 1.33. The third-order valence-corrected chi connectivity index (χ3v) is 4.95. The van der Waals surface area contributed by atoms with Crippen molar-refractivity contribution in [3.63, 3.8) is 0 Å². The standard InChI is InChI=1S/C19H22N4O3/c1-22(12-14-2-3-16-17(10-14)26-13-25-16)19(24)15-4-8-23(9-5-15)18-11-20-6-7-21-18/h2-3,6-7,10-11,15H,4-5,8-9,12-13H2,1H3. The van der Waals surface area contributed by atoms with E-state index < -0.39 is 0 Å². The topological polar surface area (TPSA) is 67.8 Å². The molecule has 1 aromatic heterocycles. The number of rotatable bonds is 4. The van der Waals surface area contributed by atoms with Crippen LogP contribution in [0.25, 0.3) is 0 Å². The number of anilines is 1. The average molecular weight is 354 g/mol. The Bertz CT molecular complexity index is 776. The molecule has 0 saturated carbocycles. The van der Waals surface area contributed by atoms with Gasteiger partial charge in [-0.05, 0) is 30.5 Å². The van der Waals surface area contributed by atoms with Gasteiger partial charge in [0, 0.05) is 45.0 Å². The third-order valence-electron chi connectivity index (χ3n) is 4.95. The van der Waals surface area contributed by atoms with Crippen LogP contribution in [0.1, 0.15) is 18.4 Å². The molecule has 0 spiro atoms. The van der Waals surface area contributed by atoms with E-state index >= 15 is 0 Å². The van der Waals surface area contributed by atoms with Gasteiger partial charge in [-0.25, -0.2) is 4.98 Å². The molecule has 7 nitrogen and oxygen atoms in total. The van der Waals surface area contributed by atoms with Gasteiger partial charge < -0.3 is 19.3 Å². The lowest BCUT2D eigenvalue weighted by Crippen LogP contribution is -2.41. The van der Waals surface area contributed by atoms with Crippen LogP contribution in [-0.2, 0) is 11.3 Å². The fourth-order valence-electron chi connectivity index (χ4n) is 3.51. The van der Waals surface area contributed by atoms with E-state index in [0.29, 0.717) is 6.54 Å². The SMILES string of the molecule is CN(Cc1ccc2c(c1)OCO2)C(=O)C1CCN(c2cnccn2)CC1. The van der Waals surface area contributed by atoms with Crippen molar-refractivity contribution in [2.45, 2.75) is 19.4 Å². The van der Waals surface area contributed by atoms with Gasteiger partial charge in [-0.1, -0.05) is 6.07 Å². The normalized spacial score (nSPS) is 16.6. The number of amides is 1. The summed E-state index contributed by atoms with van der Waals surface area (Å²) in [5, 5.41) is 0. The molecular formula is C19H22N4O3. The van der Waals surface area contributed by atoms with Gasteiger partial charge in [-0.3, -0.25) is 9.78 Å². The molecule has 0 bridgehead atoms. The first kappa shape index (κ1) is 16.6. The van der Waals surface area contributed by atoms with Crippen LogP contribution in [0.4, 0.5) is 5.82 Å². The van der Waals surface area contributed by atoms with Crippen molar-refractivity contribution in [1.29, 1.82) is 0 Å². The van der Waals surface area contributed by atoms with Crippen molar-refractivity contribution in [1.82, 2.24) is 14.9 Å². The van der Waals surface area contributed by atoms with Crippen molar-refractivity contribution in [2.24, 2.45) is 5.92 Å². The summed E-state index contributed by atoms with van der Waals surface area (Å²) in [7, 11) is 1.86. The molecule has 3 heterocycles. The quantitative estimate of drug-likeness (QED) is 0.837. The zero-order chi connectivity index (χ0) is 17.9. The highest BCUT2D eigenvalue weighted by Gasteiger charge is 2.28. The summed E-state index contributed by atoms with van der Waals surface area (Å²) in [6.07, 6.45) is 6.81. The van der Waals surface area contributed by atoms with E-state index in [1.165, 1.54) is 0 Å². The minimum Gasteiger partial charge on any atom is -0.454 e. The van der Waals surface area contributed by atoms with Gasteiger partial charge in [0.25, 0.3) is 0 Å². The molecule has 1 amide bonds. The Labute approximate surface area is 152 Å². The van der Waals surface area contributed by atoms with Crippen molar-refractivity contribution in [2.75, 3.05) is 31.8 Å². The Morgan fingerprint density at radius 1 is 1.23 bits per heavy atom. The molecule has 4 rings (SSSR count). The Hall–Kier alpha value is -2.83. The first-order chi connectivity index (χ1) is 12.7. The predicted octanol–water partition coefficient (Wildman–Crippen LogP) is 2.08. The Morgan fingerprint density at radius 2 is 2.04 bits per heavy atom. The lowest BCUT2D eigenvalue weighted by molar-refractivity contribution is -0.135. The molecule has 0 unspecified atom stereocenters. The average Bonchev–Trinajstić information content (AvgIpc) is 3.16. The summed E-state index contributed by atoms with van der Waals surface area (Å²) in [6, 6.07) is 5.83. The maximum Gasteiger partial charge on any atom is 0.231 e. The van der Waals surface area contributed by atoms with E-state index in [1.54, 1.807) is 23.5 Å². The predicted molar refractivity (Wildman–Crippen MR) is 96.0 cm³/mol. The van der Waals surface area contributed by atoms with Gasteiger partial charge in [0.1, 0.15) is 5.82 Å². The number of benzene rings is 1. The van der Waals surface area contributed by atoms with Crippen molar-refractivity contribution < 1.29 is 14.3 Å². The van der Waals surface area contributed by atoms with E-state index in [1.807, 2.05) is 25.2 Å². The molecule has 1 saturated heterocycles. The van der Waals surface area contributed by atoms with Gasteiger partial charge in [0.05, 0.1) is 6.20 Å². The molecule has 0 N–H and O–H groups in total. The van der Waals surface area contributed by atoms with Gasteiger partial charge in [0.2, 0.25) is 12.7 Å². The first-order valence-electron chi connectivity index (χ1n) is 8.85. The number of carbonyl (C=O) groups excluding carboxylic acids is 1. The summed E-state index contributed by atoms with van der Waals surface area (Å²) in [5.41, 5.74) is 1.04. The molecule has 7 heteroatoms. The smallest absolute Gasteiger partial charge is 0.231 e. The third kappa shape index (κ3) is 3.42. The second kappa shape index (κ2) is 7.19. The van der Waals surface area contributed by atoms with Crippen molar-refractivity contribution in [3.8, 4) is 11.5 Å². The zero-order valence-electron chi connectivity index (χ0n) is 14.8. The minimum absolute atomic E-state index is 0.0573. The monoisotopic (exact) mass is 354 g/mol. The van der Waals surface area contributed by atoms with Crippen LogP contribution in [0.2, 0.25) is 0 Å². The maximum atomic E-state index is 12.8. The fraction of sp³-hybridized carbons (Fsp3) is 0.421. The largest absolute Gasteiger partial charge is 0.454 e. The van der Waals surface area contributed by atoms with Crippen molar-refractivity contribution >= 4 is 11.7 Å². The van der Waals surface area contributed by atoms with Crippen molar-refractivity contribution in [3.05, 3.63) is 42.4 Å². The maximum absolute atomic E-state index is 12.8. The summed E-state index contributed by atoms with van der Waals surface area (Å²) in [6.45, 7) is 2.48. The van der Waals surface area contributed by atoms with Gasteiger partial charge >= 0.3 is 0 Å². The number of aromatic nitrogens is 2.